The summed E-state index contributed by atoms with van der Waals surface area (Å²) in [5, 5.41) is 2.72. The lowest BCUT2D eigenvalue weighted by atomic mass is 10.2. The number of para-hydroxylation sites is 1. The van der Waals surface area contributed by atoms with Gasteiger partial charge in [0, 0.05) is 20.0 Å². The molecular weight excluding hydrogens is 512 g/mol. The molecule has 2 aromatic carbocycles. The van der Waals surface area contributed by atoms with Crippen molar-refractivity contribution in [3.05, 3.63) is 75.0 Å². The largest absolute Gasteiger partial charge is 0.493 e. The number of ether oxygens (including phenoxy) is 2. The molecule has 9 nitrogen and oxygen atoms in total. The van der Waals surface area contributed by atoms with Crippen LogP contribution in [0.2, 0.25) is 0 Å². The van der Waals surface area contributed by atoms with Gasteiger partial charge in [0.15, 0.2) is 11.5 Å². The quantitative estimate of drug-likeness (QED) is 0.345. The van der Waals surface area contributed by atoms with Crippen molar-refractivity contribution in [3.8, 4) is 17.2 Å². The van der Waals surface area contributed by atoms with Gasteiger partial charge in [-0.2, -0.15) is 0 Å². The average molecular weight is 539 g/mol. The first kappa shape index (κ1) is 26.2. The first-order valence-corrected chi connectivity index (χ1v) is 12.6. The second-order valence-corrected chi connectivity index (χ2v) is 9.86. The van der Waals surface area contributed by atoms with E-state index in [1.165, 1.54) is 21.3 Å². The fourth-order valence-corrected chi connectivity index (χ4v) is 5.22. The van der Waals surface area contributed by atoms with E-state index in [-0.39, 0.29) is 36.0 Å². The van der Waals surface area contributed by atoms with Crippen LogP contribution in [0.5, 0.6) is 11.5 Å². The van der Waals surface area contributed by atoms with Crippen molar-refractivity contribution in [3.63, 3.8) is 0 Å². The smallest absolute Gasteiger partial charge is 0.295 e. The van der Waals surface area contributed by atoms with Crippen molar-refractivity contribution >= 4 is 51.9 Å². The lowest BCUT2D eigenvalue weighted by Gasteiger charge is -2.14. The molecule has 1 aromatic heterocycles. The van der Waals surface area contributed by atoms with Gasteiger partial charge in [0.05, 0.1) is 30.5 Å². The van der Waals surface area contributed by atoms with E-state index >= 15 is 0 Å². The number of methoxy groups -OCH3 is 2. The Morgan fingerprint density at radius 2 is 1.78 bits per heavy atom. The SMILES string of the molecule is COc1ccc(/C=C2\SC(=S)N(CCC(=O)Nc3c(C)n(C)n(-c4ccccc4)c3=O)C2=O)cc1OC. The van der Waals surface area contributed by atoms with Crippen molar-refractivity contribution in [2.24, 2.45) is 7.05 Å². The monoisotopic (exact) mass is 538 g/mol. The second-order valence-electron chi connectivity index (χ2n) is 8.18. The molecule has 0 atom stereocenters. The van der Waals surface area contributed by atoms with E-state index in [1.54, 1.807) is 51.1 Å². The summed E-state index contributed by atoms with van der Waals surface area (Å²) in [7, 11) is 4.85. The van der Waals surface area contributed by atoms with Crippen LogP contribution in [-0.2, 0) is 16.6 Å². The van der Waals surface area contributed by atoms with E-state index in [2.05, 4.69) is 5.32 Å². The van der Waals surface area contributed by atoms with E-state index < -0.39 is 0 Å². The number of thioether (sulfide) groups is 1. The van der Waals surface area contributed by atoms with Crippen LogP contribution >= 0.6 is 24.0 Å². The number of amides is 2. The van der Waals surface area contributed by atoms with Gasteiger partial charge in [-0.25, -0.2) is 4.68 Å². The number of rotatable bonds is 8. The molecule has 0 unspecified atom stereocenters. The van der Waals surface area contributed by atoms with Crippen LogP contribution in [0.4, 0.5) is 5.69 Å². The number of nitrogens with zero attached hydrogens (tertiary/aromatic N) is 3. The molecule has 0 saturated carbocycles. The number of carbonyl (C=O) groups excluding carboxylic acids is 2. The average Bonchev–Trinajstić information content (AvgIpc) is 3.28. The van der Waals surface area contributed by atoms with Gasteiger partial charge in [0.2, 0.25) is 5.91 Å². The Kier molecular flexibility index (Phi) is 7.84. The molecule has 4 rings (SSSR count). The van der Waals surface area contributed by atoms with E-state index in [9.17, 15) is 14.4 Å². The fraction of sp³-hybridized carbons (Fsp3) is 0.231. The normalized spacial score (nSPS) is 14.4. The first-order valence-electron chi connectivity index (χ1n) is 11.4. The number of aromatic nitrogens is 2. The Balaban J connectivity index is 1.44. The van der Waals surface area contributed by atoms with Crippen LogP contribution in [0.3, 0.4) is 0 Å². The summed E-state index contributed by atoms with van der Waals surface area (Å²) in [6.07, 6.45) is 1.70. The first-order chi connectivity index (χ1) is 17.7. The molecule has 1 fully saturated rings. The number of hydrogen-bond acceptors (Lipinski definition) is 7. The van der Waals surface area contributed by atoms with Crippen LogP contribution in [0.1, 0.15) is 17.7 Å². The van der Waals surface area contributed by atoms with Gasteiger partial charge in [-0.15, -0.1) is 0 Å². The molecule has 1 aliphatic rings. The molecule has 1 N–H and O–H groups in total. The molecule has 1 aliphatic heterocycles. The van der Waals surface area contributed by atoms with E-state index in [0.29, 0.717) is 32.1 Å². The molecule has 0 aliphatic carbocycles. The molecule has 2 amide bonds. The lowest BCUT2D eigenvalue weighted by Crippen LogP contribution is -2.32. The van der Waals surface area contributed by atoms with Gasteiger partial charge in [0.25, 0.3) is 11.5 Å². The maximum Gasteiger partial charge on any atom is 0.295 e. The Labute approximate surface area is 223 Å². The summed E-state index contributed by atoms with van der Waals surface area (Å²) in [4.78, 5) is 40.6. The maximum atomic E-state index is 13.0. The van der Waals surface area contributed by atoms with Gasteiger partial charge < -0.3 is 14.8 Å². The zero-order valence-electron chi connectivity index (χ0n) is 20.8. The minimum Gasteiger partial charge on any atom is -0.493 e. The summed E-state index contributed by atoms with van der Waals surface area (Å²) >= 11 is 6.56. The highest BCUT2D eigenvalue weighted by Crippen LogP contribution is 2.34. The van der Waals surface area contributed by atoms with Crippen molar-refractivity contribution < 1.29 is 19.1 Å². The fourth-order valence-electron chi connectivity index (χ4n) is 3.91. The zero-order chi connectivity index (χ0) is 26.7. The van der Waals surface area contributed by atoms with E-state index in [0.717, 1.165) is 5.56 Å². The van der Waals surface area contributed by atoms with E-state index in [4.69, 9.17) is 21.7 Å². The highest BCUT2D eigenvalue weighted by molar-refractivity contribution is 8.26. The Hall–Kier alpha value is -3.83. The number of carbonyl (C=O) groups is 2. The molecule has 0 spiro atoms. The highest BCUT2D eigenvalue weighted by atomic mass is 32.2. The van der Waals surface area contributed by atoms with Crippen molar-refractivity contribution in [2.75, 3.05) is 26.1 Å². The van der Waals surface area contributed by atoms with Crippen LogP contribution in [0.15, 0.2) is 58.2 Å². The number of benzene rings is 2. The molecule has 0 bridgehead atoms. The van der Waals surface area contributed by atoms with Crippen molar-refractivity contribution in [1.82, 2.24) is 14.3 Å². The van der Waals surface area contributed by atoms with Crippen molar-refractivity contribution in [1.29, 1.82) is 0 Å². The van der Waals surface area contributed by atoms with Gasteiger partial charge in [-0.1, -0.05) is 48.2 Å². The maximum absolute atomic E-state index is 13.0. The van der Waals surface area contributed by atoms with Gasteiger partial charge in [-0.3, -0.25) is 24.0 Å². The number of nitrogens with one attached hydrogen (secondary N) is 1. The predicted molar refractivity (Wildman–Crippen MR) is 148 cm³/mol. The number of thiocarbonyl (C=S) groups is 1. The molecule has 0 radical (unpaired) electrons. The zero-order valence-corrected chi connectivity index (χ0v) is 22.4. The van der Waals surface area contributed by atoms with Crippen LogP contribution < -0.4 is 20.3 Å². The van der Waals surface area contributed by atoms with Crippen LogP contribution in [0, 0.1) is 6.92 Å². The molecule has 2 heterocycles. The molecular formula is C26H26N4O5S2. The van der Waals surface area contributed by atoms with E-state index in [1.807, 2.05) is 36.4 Å². The lowest BCUT2D eigenvalue weighted by molar-refractivity contribution is -0.122. The number of anilines is 1. The molecule has 1 saturated heterocycles. The number of hydrogen-bond donors (Lipinski definition) is 1. The summed E-state index contributed by atoms with van der Waals surface area (Å²) in [5.41, 5.74) is 1.94. The summed E-state index contributed by atoms with van der Waals surface area (Å²) < 4.78 is 14.1. The third-order valence-corrected chi connectivity index (χ3v) is 7.34. The minimum absolute atomic E-state index is 0.0187. The summed E-state index contributed by atoms with van der Waals surface area (Å²) in [5.74, 6) is 0.470. The summed E-state index contributed by atoms with van der Waals surface area (Å²) in [6, 6.07) is 14.5. The Bertz CT molecular complexity index is 1460. The molecule has 11 heteroatoms. The Morgan fingerprint density at radius 1 is 1.08 bits per heavy atom. The van der Waals surface area contributed by atoms with Gasteiger partial charge in [0.1, 0.15) is 10.0 Å². The topological polar surface area (TPSA) is 94.8 Å². The van der Waals surface area contributed by atoms with Gasteiger partial charge in [-0.05, 0) is 42.8 Å². The molecule has 3 aromatic rings. The summed E-state index contributed by atoms with van der Waals surface area (Å²) in [6.45, 7) is 1.86. The molecule has 192 valence electrons. The third kappa shape index (κ3) is 5.32. The molecule has 37 heavy (non-hydrogen) atoms. The standard InChI is InChI=1S/C26H26N4O5S2/c1-16-23(25(33)30(28(16)2)18-8-6-5-7-9-18)27-22(31)12-13-29-24(32)21(37-26(29)36)15-17-10-11-19(34-3)20(14-17)35-4/h5-11,14-15H,12-13H2,1-4H3,(H,27,31)/b21-15-. The second kappa shape index (κ2) is 11.1. The Morgan fingerprint density at radius 3 is 2.46 bits per heavy atom. The third-order valence-electron chi connectivity index (χ3n) is 5.96. The highest BCUT2D eigenvalue weighted by Gasteiger charge is 2.32. The minimum atomic E-state index is -0.385. The predicted octanol–water partition coefficient (Wildman–Crippen LogP) is 3.73. The van der Waals surface area contributed by atoms with Crippen LogP contribution in [-0.4, -0.2) is 51.2 Å². The van der Waals surface area contributed by atoms with Crippen molar-refractivity contribution in [2.45, 2.75) is 13.3 Å². The van der Waals surface area contributed by atoms with Crippen LogP contribution in [0.25, 0.3) is 11.8 Å². The van der Waals surface area contributed by atoms with Gasteiger partial charge >= 0.3 is 0 Å².